The van der Waals surface area contributed by atoms with E-state index in [1.165, 1.54) is 0 Å². The molecule has 68 valence electrons. The van der Waals surface area contributed by atoms with Gasteiger partial charge < -0.3 is 8.92 Å². The van der Waals surface area contributed by atoms with Crippen LogP contribution < -0.4 is 0 Å². The van der Waals surface area contributed by atoms with Crippen molar-refractivity contribution in [1.82, 2.24) is 0 Å². The molecule has 1 atom stereocenters. The molecule has 0 N–H and O–H groups in total. The molecule has 0 aliphatic carbocycles. The van der Waals surface area contributed by atoms with Crippen molar-refractivity contribution in [3.8, 4) is 0 Å². The van der Waals surface area contributed by atoms with Gasteiger partial charge in [-0.15, -0.1) is 0 Å². The third-order valence-electron chi connectivity index (χ3n) is 1.47. The highest BCUT2D eigenvalue weighted by atomic mass is 32.2. The maximum Gasteiger partial charge on any atom is 0.345 e. The molecule has 0 aromatic heterocycles. The van der Waals surface area contributed by atoms with Gasteiger partial charge in [0.15, 0.2) is 0 Å². The van der Waals surface area contributed by atoms with Gasteiger partial charge in [0, 0.05) is 12.2 Å². The molecule has 1 saturated heterocycles. The second-order valence-corrected chi connectivity index (χ2v) is 3.57. The number of ether oxygens (including phenoxy) is 1. The zero-order valence-corrected chi connectivity index (χ0v) is 7.86. The van der Waals surface area contributed by atoms with Crippen molar-refractivity contribution in [2.75, 3.05) is 6.61 Å². The van der Waals surface area contributed by atoms with Crippen LogP contribution >= 0.6 is 12.0 Å². The normalized spacial score (nSPS) is 22.2. The van der Waals surface area contributed by atoms with Gasteiger partial charge in [-0.1, -0.05) is 6.58 Å². The Labute approximate surface area is 76.3 Å². The van der Waals surface area contributed by atoms with Crippen molar-refractivity contribution in [1.29, 1.82) is 0 Å². The van der Waals surface area contributed by atoms with Crippen LogP contribution in [-0.4, -0.2) is 18.0 Å². The van der Waals surface area contributed by atoms with Crippen LogP contribution in [0.1, 0.15) is 19.8 Å². The van der Waals surface area contributed by atoms with E-state index in [9.17, 15) is 4.79 Å². The van der Waals surface area contributed by atoms with Crippen LogP contribution in [-0.2, 0) is 13.7 Å². The van der Waals surface area contributed by atoms with Crippen LogP contribution in [0.15, 0.2) is 12.2 Å². The topological polar surface area (TPSA) is 35.5 Å². The smallest absolute Gasteiger partial charge is 0.345 e. The van der Waals surface area contributed by atoms with E-state index in [0.29, 0.717) is 5.57 Å². The second kappa shape index (κ2) is 4.52. The van der Waals surface area contributed by atoms with Gasteiger partial charge in [0.2, 0.25) is 0 Å². The van der Waals surface area contributed by atoms with Crippen molar-refractivity contribution >= 4 is 18.0 Å². The summed E-state index contributed by atoms with van der Waals surface area (Å²) < 4.78 is 10.1. The van der Waals surface area contributed by atoms with Crippen molar-refractivity contribution in [2.24, 2.45) is 0 Å². The number of rotatable bonds is 3. The first-order valence-electron chi connectivity index (χ1n) is 3.85. The first kappa shape index (κ1) is 9.61. The van der Waals surface area contributed by atoms with Crippen LogP contribution in [0.5, 0.6) is 0 Å². The molecular weight excluding hydrogens is 176 g/mol. The summed E-state index contributed by atoms with van der Waals surface area (Å²) in [4.78, 5) is 10.9. The monoisotopic (exact) mass is 188 g/mol. The Morgan fingerprint density at radius 3 is 3.00 bits per heavy atom. The lowest BCUT2D eigenvalue weighted by Crippen LogP contribution is -2.05. The highest BCUT2D eigenvalue weighted by Crippen LogP contribution is 2.24. The molecule has 0 saturated carbocycles. The van der Waals surface area contributed by atoms with Gasteiger partial charge in [-0.3, -0.25) is 0 Å². The van der Waals surface area contributed by atoms with E-state index in [1.807, 2.05) is 0 Å². The molecular formula is C8H12O3S. The summed E-state index contributed by atoms with van der Waals surface area (Å²) in [6.07, 6.45) is 2.00. The molecule has 1 aliphatic rings. The van der Waals surface area contributed by atoms with E-state index in [4.69, 9.17) is 8.92 Å². The Morgan fingerprint density at radius 1 is 1.75 bits per heavy atom. The fraction of sp³-hybridized carbons (Fsp3) is 0.625. The number of carbonyl (C=O) groups is 1. The average Bonchev–Trinajstić information content (AvgIpc) is 2.51. The third-order valence-corrected chi connectivity index (χ3v) is 2.30. The Kier molecular flexibility index (Phi) is 3.62. The zero-order chi connectivity index (χ0) is 8.97. The van der Waals surface area contributed by atoms with Crippen LogP contribution in [0.4, 0.5) is 0 Å². The molecule has 0 amide bonds. The summed E-state index contributed by atoms with van der Waals surface area (Å²) in [7, 11) is 0. The highest BCUT2D eigenvalue weighted by molar-refractivity contribution is 7.95. The molecule has 0 spiro atoms. The number of hydrogen-bond acceptors (Lipinski definition) is 4. The van der Waals surface area contributed by atoms with Gasteiger partial charge in [-0.2, -0.15) is 0 Å². The van der Waals surface area contributed by atoms with Crippen molar-refractivity contribution in [3.05, 3.63) is 12.2 Å². The van der Waals surface area contributed by atoms with Crippen molar-refractivity contribution in [2.45, 2.75) is 25.2 Å². The second-order valence-electron chi connectivity index (χ2n) is 2.69. The fourth-order valence-corrected chi connectivity index (χ4v) is 1.54. The van der Waals surface area contributed by atoms with E-state index in [2.05, 4.69) is 6.58 Å². The summed E-state index contributed by atoms with van der Waals surface area (Å²) in [5.74, 6) is -0.365. The molecule has 1 heterocycles. The highest BCUT2D eigenvalue weighted by Gasteiger charge is 2.18. The molecule has 0 radical (unpaired) electrons. The predicted molar refractivity (Wildman–Crippen MR) is 47.5 cm³/mol. The van der Waals surface area contributed by atoms with Gasteiger partial charge in [0.25, 0.3) is 0 Å². The Hall–Kier alpha value is -0.480. The van der Waals surface area contributed by atoms with Gasteiger partial charge in [-0.25, -0.2) is 4.79 Å². The summed E-state index contributed by atoms with van der Waals surface area (Å²) in [6.45, 7) is 5.86. The van der Waals surface area contributed by atoms with E-state index in [-0.39, 0.29) is 11.4 Å². The molecule has 0 bridgehead atoms. The molecule has 0 aromatic rings. The average molecular weight is 188 g/mol. The van der Waals surface area contributed by atoms with Crippen molar-refractivity contribution < 1.29 is 13.7 Å². The lowest BCUT2D eigenvalue weighted by atomic mass is 10.4. The predicted octanol–water partition coefficient (Wildman–Crippen LogP) is 1.89. The Bertz CT molecular complexity index is 185. The molecule has 1 aliphatic heterocycles. The van der Waals surface area contributed by atoms with Crippen molar-refractivity contribution in [3.63, 3.8) is 0 Å². The maximum absolute atomic E-state index is 10.9. The Morgan fingerprint density at radius 2 is 2.50 bits per heavy atom. The van der Waals surface area contributed by atoms with E-state index in [1.54, 1.807) is 6.92 Å². The molecule has 4 heteroatoms. The third kappa shape index (κ3) is 2.87. The first-order valence-corrected chi connectivity index (χ1v) is 4.65. The minimum Gasteiger partial charge on any atom is -0.385 e. The Balaban J connectivity index is 2.16. The quantitative estimate of drug-likeness (QED) is 0.500. The standard InChI is InChI=1S/C8H12O3S/c1-6(2)8(9)11-12-7-4-3-5-10-7/h7H,1,3-5H2,2H3. The minimum atomic E-state index is -0.365. The minimum absolute atomic E-state index is 0.0216. The molecule has 1 rings (SSSR count). The number of carbonyl (C=O) groups excluding carboxylic acids is 1. The van der Waals surface area contributed by atoms with Gasteiger partial charge in [0.1, 0.15) is 5.44 Å². The van der Waals surface area contributed by atoms with E-state index >= 15 is 0 Å². The largest absolute Gasteiger partial charge is 0.385 e. The lowest BCUT2D eigenvalue weighted by molar-refractivity contribution is -0.128. The molecule has 3 nitrogen and oxygen atoms in total. The summed E-state index contributed by atoms with van der Waals surface area (Å²) >= 11 is 1.09. The molecule has 1 fully saturated rings. The van der Waals surface area contributed by atoms with E-state index < -0.39 is 0 Å². The summed E-state index contributed by atoms with van der Waals surface area (Å²) in [5, 5.41) is 0. The summed E-state index contributed by atoms with van der Waals surface area (Å²) in [6, 6.07) is 0. The van der Waals surface area contributed by atoms with Gasteiger partial charge in [-0.05, 0) is 19.8 Å². The van der Waals surface area contributed by atoms with Crippen LogP contribution in [0.2, 0.25) is 0 Å². The SMILES string of the molecule is C=C(C)C(=O)OSC1CCCO1. The van der Waals surface area contributed by atoms with E-state index in [0.717, 1.165) is 31.5 Å². The molecule has 12 heavy (non-hydrogen) atoms. The first-order chi connectivity index (χ1) is 5.70. The maximum atomic E-state index is 10.9. The number of hydrogen-bond donors (Lipinski definition) is 0. The van der Waals surface area contributed by atoms with Crippen LogP contribution in [0, 0.1) is 0 Å². The van der Waals surface area contributed by atoms with Gasteiger partial charge in [0.05, 0.1) is 12.0 Å². The fourth-order valence-electron chi connectivity index (χ4n) is 0.792. The summed E-state index contributed by atoms with van der Waals surface area (Å²) in [5.41, 5.74) is 0.439. The molecule has 1 unspecified atom stereocenters. The van der Waals surface area contributed by atoms with Crippen LogP contribution in [0.3, 0.4) is 0 Å². The molecule has 0 aromatic carbocycles. The lowest BCUT2D eigenvalue weighted by Gasteiger charge is -2.06. The van der Waals surface area contributed by atoms with Crippen LogP contribution in [0.25, 0.3) is 0 Å². The van der Waals surface area contributed by atoms with Gasteiger partial charge >= 0.3 is 5.97 Å². The zero-order valence-electron chi connectivity index (χ0n) is 7.04.